The lowest BCUT2D eigenvalue weighted by atomic mass is 10.2. The number of furan rings is 1. The maximum absolute atomic E-state index is 12.0. The summed E-state index contributed by atoms with van der Waals surface area (Å²) in [5.74, 6) is 0.0313. The van der Waals surface area contributed by atoms with Crippen molar-refractivity contribution in [3.63, 3.8) is 0 Å². The summed E-state index contributed by atoms with van der Waals surface area (Å²) in [7, 11) is 0. The highest BCUT2D eigenvalue weighted by Crippen LogP contribution is 2.31. The monoisotopic (exact) mass is 334 g/mol. The Morgan fingerprint density at radius 3 is 2.71 bits per heavy atom. The van der Waals surface area contributed by atoms with E-state index in [2.05, 4.69) is 30.4 Å². The van der Waals surface area contributed by atoms with Crippen LogP contribution in [0.3, 0.4) is 0 Å². The van der Waals surface area contributed by atoms with Gasteiger partial charge in [-0.2, -0.15) is 0 Å². The van der Waals surface area contributed by atoms with Gasteiger partial charge in [-0.1, -0.05) is 6.07 Å². The first-order valence-electron chi connectivity index (χ1n) is 7.51. The summed E-state index contributed by atoms with van der Waals surface area (Å²) in [6.45, 7) is 2.06. The van der Waals surface area contributed by atoms with E-state index in [0.29, 0.717) is 5.76 Å². The van der Waals surface area contributed by atoms with Crippen molar-refractivity contribution in [2.24, 2.45) is 0 Å². The van der Waals surface area contributed by atoms with Crippen LogP contribution >= 0.6 is 11.3 Å². The predicted octanol–water partition coefficient (Wildman–Crippen LogP) is 5.12. The molecule has 0 atom stereocenters. The topological polar surface area (TPSA) is 55.1 Å². The number of fused-ring (bicyclic) bond motifs is 1. The van der Waals surface area contributed by atoms with Crippen molar-refractivity contribution >= 4 is 33.1 Å². The standard InChI is InChI=1S/C19H14N2O2S/c1-12-4-9-17-15(11-12)21-19(24-17)13-5-7-14(8-6-13)20-18(22)16-3-2-10-23-16/h2-11H,1H3,(H,20,22). The van der Waals surface area contributed by atoms with Crippen LogP contribution in [0.5, 0.6) is 0 Å². The first kappa shape index (κ1) is 14.7. The Labute approximate surface area is 142 Å². The zero-order valence-electron chi connectivity index (χ0n) is 12.9. The molecule has 0 saturated heterocycles. The van der Waals surface area contributed by atoms with Crippen molar-refractivity contribution in [2.75, 3.05) is 5.32 Å². The number of aryl methyl sites for hydroxylation is 1. The molecule has 4 nitrogen and oxygen atoms in total. The van der Waals surface area contributed by atoms with Crippen molar-refractivity contribution in [3.8, 4) is 10.6 Å². The van der Waals surface area contributed by atoms with Gasteiger partial charge in [0.1, 0.15) is 5.01 Å². The van der Waals surface area contributed by atoms with Crippen molar-refractivity contribution in [3.05, 3.63) is 72.2 Å². The van der Waals surface area contributed by atoms with Gasteiger partial charge in [-0.05, 0) is 61.0 Å². The SMILES string of the molecule is Cc1ccc2sc(-c3ccc(NC(=O)c4ccco4)cc3)nc2c1. The summed E-state index contributed by atoms with van der Waals surface area (Å²) in [6, 6.07) is 17.3. The average molecular weight is 334 g/mol. The van der Waals surface area contributed by atoms with E-state index >= 15 is 0 Å². The Morgan fingerprint density at radius 1 is 1.12 bits per heavy atom. The van der Waals surface area contributed by atoms with Gasteiger partial charge in [0, 0.05) is 11.3 Å². The quantitative estimate of drug-likeness (QED) is 0.566. The second-order valence-electron chi connectivity index (χ2n) is 5.50. The van der Waals surface area contributed by atoms with E-state index in [1.165, 1.54) is 16.5 Å². The lowest BCUT2D eigenvalue weighted by Crippen LogP contribution is -2.10. The maximum Gasteiger partial charge on any atom is 0.291 e. The summed E-state index contributed by atoms with van der Waals surface area (Å²) in [4.78, 5) is 16.7. The summed E-state index contributed by atoms with van der Waals surface area (Å²) < 4.78 is 6.26. The van der Waals surface area contributed by atoms with E-state index in [0.717, 1.165) is 21.8 Å². The maximum atomic E-state index is 12.0. The van der Waals surface area contributed by atoms with Crippen molar-refractivity contribution in [2.45, 2.75) is 6.92 Å². The number of hydrogen-bond acceptors (Lipinski definition) is 4. The molecule has 118 valence electrons. The fraction of sp³-hybridized carbons (Fsp3) is 0.0526. The molecule has 0 unspecified atom stereocenters. The molecule has 4 rings (SSSR count). The van der Waals surface area contributed by atoms with E-state index in [1.54, 1.807) is 23.5 Å². The van der Waals surface area contributed by atoms with Crippen LogP contribution in [0.1, 0.15) is 16.1 Å². The van der Waals surface area contributed by atoms with Crippen LogP contribution in [0, 0.1) is 6.92 Å². The highest BCUT2D eigenvalue weighted by atomic mass is 32.1. The lowest BCUT2D eigenvalue weighted by molar-refractivity contribution is 0.0996. The van der Waals surface area contributed by atoms with Gasteiger partial charge < -0.3 is 9.73 Å². The molecule has 2 aromatic heterocycles. The molecule has 2 heterocycles. The van der Waals surface area contributed by atoms with Gasteiger partial charge in [0.15, 0.2) is 5.76 Å². The van der Waals surface area contributed by atoms with Gasteiger partial charge in [-0.15, -0.1) is 11.3 Å². The molecule has 5 heteroatoms. The van der Waals surface area contributed by atoms with Crippen LogP contribution in [0.25, 0.3) is 20.8 Å². The Morgan fingerprint density at radius 2 is 1.96 bits per heavy atom. The summed E-state index contributed by atoms with van der Waals surface area (Å²) in [6.07, 6.45) is 1.48. The summed E-state index contributed by atoms with van der Waals surface area (Å²) in [5, 5.41) is 3.78. The molecular formula is C19H14N2O2S. The average Bonchev–Trinajstić information content (AvgIpc) is 3.24. The molecule has 24 heavy (non-hydrogen) atoms. The number of amides is 1. The van der Waals surface area contributed by atoms with E-state index in [-0.39, 0.29) is 5.91 Å². The number of carbonyl (C=O) groups excluding carboxylic acids is 1. The Bertz CT molecular complexity index is 1000. The first-order valence-corrected chi connectivity index (χ1v) is 8.33. The zero-order valence-corrected chi connectivity index (χ0v) is 13.8. The number of anilines is 1. The van der Waals surface area contributed by atoms with E-state index in [4.69, 9.17) is 9.40 Å². The molecule has 1 N–H and O–H groups in total. The van der Waals surface area contributed by atoms with Crippen molar-refractivity contribution in [1.29, 1.82) is 0 Å². The molecule has 0 fully saturated rings. The molecule has 0 radical (unpaired) electrons. The lowest BCUT2D eigenvalue weighted by Gasteiger charge is -2.03. The summed E-state index contributed by atoms with van der Waals surface area (Å²) >= 11 is 1.66. The number of nitrogens with one attached hydrogen (secondary N) is 1. The van der Waals surface area contributed by atoms with Crippen molar-refractivity contribution < 1.29 is 9.21 Å². The van der Waals surface area contributed by atoms with Gasteiger partial charge in [0.25, 0.3) is 5.91 Å². The predicted molar refractivity (Wildman–Crippen MR) is 96.5 cm³/mol. The summed E-state index contributed by atoms with van der Waals surface area (Å²) in [5.41, 5.74) is 3.97. The molecule has 0 saturated carbocycles. The second-order valence-corrected chi connectivity index (χ2v) is 6.53. The van der Waals surface area contributed by atoms with Gasteiger partial charge in [-0.25, -0.2) is 4.98 Å². The van der Waals surface area contributed by atoms with Crippen LogP contribution in [0.15, 0.2) is 65.3 Å². The molecule has 2 aromatic carbocycles. The number of rotatable bonds is 3. The van der Waals surface area contributed by atoms with E-state index in [1.807, 2.05) is 24.3 Å². The normalized spacial score (nSPS) is 10.9. The Kier molecular flexibility index (Phi) is 3.63. The number of nitrogens with zero attached hydrogens (tertiary/aromatic N) is 1. The number of thiazole rings is 1. The highest BCUT2D eigenvalue weighted by molar-refractivity contribution is 7.21. The molecule has 0 aliphatic carbocycles. The zero-order chi connectivity index (χ0) is 16.5. The third-order valence-electron chi connectivity index (χ3n) is 3.68. The minimum atomic E-state index is -0.261. The fourth-order valence-electron chi connectivity index (χ4n) is 2.46. The van der Waals surface area contributed by atoms with Crippen LogP contribution < -0.4 is 5.32 Å². The van der Waals surface area contributed by atoms with Crippen LogP contribution in [-0.4, -0.2) is 10.9 Å². The Hall–Kier alpha value is -2.92. The third kappa shape index (κ3) is 2.81. The third-order valence-corrected chi connectivity index (χ3v) is 4.76. The molecule has 0 aliphatic rings. The molecule has 4 aromatic rings. The minimum Gasteiger partial charge on any atom is -0.459 e. The number of carbonyl (C=O) groups is 1. The molecule has 0 bridgehead atoms. The first-order chi connectivity index (χ1) is 11.7. The van der Waals surface area contributed by atoms with Crippen LogP contribution in [-0.2, 0) is 0 Å². The number of benzene rings is 2. The fourth-order valence-corrected chi connectivity index (χ4v) is 3.41. The van der Waals surface area contributed by atoms with Crippen LogP contribution in [0.4, 0.5) is 5.69 Å². The van der Waals surface area contributed by atoms with Gasteiger partial charge in [-0.3, -0.25) is 4.79 Å². The van der Waals surface area contributed by atoms with Crippen molar-refractivity contribution in [1.82, 2.24) is 4.98 Å². The van der Waals surface area contributed by atoms with E-state index < -0.39 is 0 Å². The smallest absolute Gasteiger partial charge is 0.291 e. The Balaban J connectivity index is 1.57. The number of hydrogen-bond donors (Lipinski definition) is 1. The molecule has 1 amide bonds. The number of aromatic nitrogens is 1. The van der Waals surface area contributed by atoms with Crippen LogP contribution in [0.2, 0.25) is 0 Å². The molecule has 0 aliphatic heterocycles. The van der Waals surface area contributed by atoms with Gasteiger partial charge in [0.2, 0.25) is 0 Å². The minimum absolute atomic E-state index is 0.261. The van der Waals surface area contributed by atoms with Gasteiger partial charge in [0.05, 0.1) is 16.5 Å². The highest BCUT2D eigenvalue weighted by Gasteiger charge is 2.10. The van der Waals surface area contributed by atoms with E-state index in [9.17, 15) is 4.79 Å². The molecule has 0 spiro atoms. The second kappa shape index (κ2) is 5.94. The largest absolute Gasteiger partial charge is 0.459 e. The van der Waals surface area contributed by atoms with Gasteiger partial charge >= 0.3 is 0 Å². The molecular weight excluding hydrogens is 320 g/mol.